The average Bonchev–Trinajstić information content (AvgIpc) is 2.25. The van der Waals surface area contributed by atoms with Crippen molar-refractivity contribution in [3.8, 4) is 0 Å². The molecule has 0 aliphatic carbocycles. The van der Waals surface area contributed by atoms with Gasteiger partial charge in [0.05, 0.1) is 0 Å². The zero-order valence-corrected chi connectivity index (χ0v) is 10.1. The Bertz CT molecular complexity index is 337. The first-order chi connectivity index (χ1) is 7.25. The molecular weight excluding hydrogens is 228 g/mol. The molecule has 0 amide bonds. The van der Waals surface area contributed by atoms with Crippen molar-refractivity contribution in [2.75, 3.05) is 18.8 Å². The Kier molecular flexibility index (Phi) is 3.78. The zero-order chi connectivity index (χ0) is 10.7. The zero-order valence-electron chi connectivity index (χ0n) is 8.50. The Balaban J connectivity index is 2.05. The summed E-state index contributed by atoms with van der Waals surface area (Å²) in [6, 6.07) is 5.66. The summed E-state index contributed by atoms with van der Waals surface area (Å²) in [7, 11) is 0. The van der Waals surface area contributed by atoms with E-state index in [9.17, 15) is 0 Å². The van der Waals surface area contributed by atoms with Crippen molar-refractivity contribution >= 4 is 29.1 Å². The highest BCUT2D eigenvalue weighted by atomic mass is 35.5. The molecule has 1 aliphatic rings. The predicted molar refractivity (Wildman–Crippen MR) is 67.6 cm³/mol. The van der Waals surface area contributed by atoms with E-state index in [1.807, 2.05) is 30.0 Å². The number of benzene rings is 1. The van der Waals surface area contributed by atoms with Crippen LogP contribution in [0.2, 0.25) is 5.02 Å². The third kappa shape index (κ3) is 3.03. The lowest BCUT2D eigenvalue weighted by Crippen LogP contribution is -2.31. The van der Waals surface area contributed by atoms with Gasteiger partial charge in [0, 0.05) is 27.4 Å². The highest BCUT2D eigenvalue weighted by Crippen LogP contribution is 2.33. The van der Waals surface area contributed by atoms with E-state index in [1.165, 1.54) is 12.8 Å². The second kappa shape index (κ2) is 5.10. The SMILES string of the molecule is Nc1ccc(Cl)cc1SC1CCCNC1. The smallest absolute Gasteiger partial charge is 0.0453 e. The largest absolute Gasteiger partial charge is 0.398 e. The van der Waals surface area contributed by atoms with Gasteiger partial charge in [-0.2, -0.15) is 0 Å². The molecule has 1 aromatic carbocycles. The molecule has 1 saturated heterocycles. The molecule has 1 fully saturated rings. The van der Waals surface area contributed by atoms with Crippen LogP contribution in [0.3, 0.4) is 0 Å². The Morgan fingerprint density at radius 2 is 2.33 bits per heavy atom. The molecule has 0 bridgehead atoms. The van der Waals surface area contributed by atoms with Crippen LogP contribution in [-0.2, 0) is 0 Å². The molecule has 82 valence electrons. The van der Waals surface area contributed by atoms with E-state index < -0.39 is 0 Å². The molecule has 1 heterocycles. The molecule has 0 radical (unpaired) electrons. The number of nitrogens with one attached hydrogen (secondary N) is 1. The number of nitrogens with two attached hydrogens (primary N) is 1. The molecule has 0 aromatic heterocycles. The van der Waals surface area contributed by atoms with Gasteiger partial charge in [0.15, 0.2) is 0 Å². The van der Waals surface area contributed by atoms with Crippen LogP contribution >= 0.6 is 23.4 Å². The van der Waals surface area contributed by atoms with E-state index in [0.29, 0.717) is 5.25 Å². The van der Waals surface area contributed by atoms with Gasteiger partial charge in [-0.05, 0) is 37.6 Å². The van der Waals surface area contributed by atoms with E-state index in [1.54, 1.807) is 0 Å². The van der Waals surface area contributed by atoms with Crippen LogP contribution in [0.15, 0.2) is 23.1 Å². The minimum atomic E-state index is 0.625. The second-order valence-electron chi connectivity index (χ2n) is 3.77. The summed E-state index contributed by atoms with van der Waals surface area (Å²) in [5.74, 6) is 0. The third-order valence-electron chi connectivity index (χ3n) is 2.52. The van der Waals surface area contributed by atoms with Crippen molar-refractivity contribution in [3.63, 3.8) is 0 Å². The molecular formula is C11H15ClN2S. The fourth-order valence-corrected chi connectivity index (χ4v) is 3.19. The first kappa shape index (κ1) is 11.1. The summed E-state index contributed by atoms with van der Waals surface area (Å²) in [5.41, 5.74) is 6.74. The average molecular weight is 243 g/mol. The van der Waals surface area contributed by atoms with Crippen LogP contribution in [0.25, 0.3) is 0 Å². The van der Waals surface area contributed by atoms with E-state index in [4.69, 9.17) is 17.3 Å². The number of rotatable bonds is 2. The van der Waals surface area contributed by atoms with Crippen molar-refractivity contribution in [3.05, 3.63) is 23.2 Å². The van der Waals surface area contributed by atoms with Gasteiger partial charge < -0.3 is 11.1 Å². The predicted octanol–water partition coefficient (Wildman–Crippen LogP) is 2.77. The van der Waals surface area contributed by atoms with Gasteiger partial charge in [-0.25, -0.2) is 0 Å². The summed E-state index contributed by atoms with van der Waals surface area (Å²) in [6.07, 6.45) is 2.50. The number of thioether (sulfide) groups is 1. The van der Waals surface area contributed by atoms with Crippen LogP contribution in [-0.4, -0.2) is 18.3 Å². The number of halogens is 1. The quantitative estimate of drug-likeness (QED) is 0.784. The fraction of sp³-hybridized carbons (Fsp3) is 0.455. The van der Waals surface area contributed by atoms with Crippen LogP contribution in [0.5, 0.6) is 0 Å². The number of hydrogen-bond acceptors (Lipinski definition) is 3. The maximum atomic E-state index is 5.95. The molecule has 2 rings (SSSR count). The second-order valence-corrected chi connectivity index (χ2v) is 5.55. The molecule has 4 heteroatoms. The number of piperidine rings is 1. The monoisotopic (exact) mass is 242 g/mol. The topological polar surface area (TPSA) is 38.0 Å². The number of anilines is 1. The molecule has 1 aliphatic heterocycles. The lowest BCUT2D eigenvalue weighted by Gasteiger charge is -2.22. The Morgan fingerprint density at radius 1 is 1.47 bits per heavy atom. The number of nitrogen functional groups attached to an aromatic ring is 1. The first-order valence-electron chi connectivity index (χ1n) is 5.18. The maximum Gasteiger partial charge on any atom is 0.0453 e. The molecule has 0 saturated carbocycles. The molecule has 3 N–H and O–H groups in total. The Labute approximate surface area is 99.6 Å². The van der Waals surface area contributed by atoms with Crippen LogP contribution < -0.4 is 11.1 Å². The highest BCUT2D eigenvalue weighted by Gasteiger charge is 2.15. The fourth-order valence-electron chi connectivity index (χ4n) is 1.71. The van der Waals surface area contributed by atoms with Crippen LogP contribution in [0.4, 0.5) is 5.69 Å². The summed E-state index contributed by atoms with van der Waals surface area (Å²) in [6.45, 7) is 2.21. The lowest BCUT2D eigenvalue weighted by molar-refractivity contribution is 0.531. The lowest BCUT2D eigenvalue weighted by atomic mass is 10.2. The molecule has 1 aromatic rings. The maximum absolute atomic E-state index is 5.95. The van der Waals surface area contributed by atoms with Gasteiger partial charge in [0.1, 0.15) is 0 Å². The van der Waals surface area contributed by atoms with Gasteiger partial charge in [0.25, 0.3) is 0 Å². The minimum absolute atomic E-state index is 0.625. The van der Waals surface area contributed by atoms with Crippen molar-refractivity contribution in [1.29, 1.82) is 0 Å². The molecule has 1 unspecified atom stereocenters. The van der Waals surface area contributed by atoms with Crippen molar-refractivity contribution in [2.24, 2.45) is 0 Å². The van der Waals surface area contributed by atoms with E-state index in [-0.39, 0.29) is 0 Å². The van der Waals surface area contributed by atoms with Gasteiger partial charge in [-0.3, -0.25) is 0 Å². The summed E-state index contributed by atoms with van der Waals surface area (Å²) in [4.78, 5) is 1.11. The van der Waals surface area contributed by atoms with Gasteiger partial charge in [-0.15, -0.1) is 11.8 Å². The molecule has 2 nitrogen and oxygen atoms in total. The van der Waals surface area contributed by atoms with Crippen LogP contribution in [0, 0.1) is 0 Å². The Morgan fingerprint density at radius 3 is 3.07 bits per heavy atom. The highest BCUT2D eigenvalue weighted by molar-refractivity contribution is 8.00. The van der Waals surface area contributed by atoms with E-state index >= 15 is 0 Å². The summed E-state index contributed by atoms with van der Waals surface area (Å²) >= 11 is 7.78. The molecule has 15 heavy (non-hydrogen) atoms. The minimum Gasteiger partial charge on any atom is -0.398 e. The van der Waals surface area contributed by atoms with Crippen LogP contribution in [0.1, 0.15) is 12.8 Å². The standard InChI is InChI=1S/C11H15ClN2S/c12-8-3-4-10(13)11(6-8)15-9-2-1-5-14-7-9/h3-4,6,9,14H,1-2,5,7,13H2. The van der Waals surface area contributed by atoms with E-state index in [0.717, 1.165) is 28.7 Å². The third-order valence-corrected chi connectivity index (χ3v) is 4.10. The molecule has 1 atom stereocenters. The van der Waals surface area contributed by atoms with Gasteiger partial charge in [0.2, 0.25) is 0 Å². The molecule has 0 spiro atoms. The number of hydrogen-bond donors (Lipinski definition) is 2. The van der Waals surface area contributed by atoms with Crippen molar-refractivity contribution < 1.29 is 0 Å². The van der Waals surface area contributed by atoms with Gasteiger partial charge >= 0.3 is 0 Å². The summed E-state index contributed by atoms with van der Waals surface area (Å²) < 4.78 is 0. The Hall–Kier alpha value is -0.380. The van der Waals surface area contributed by atoms with Crippen molar-refractivity contribution in [2.45, 2.75) is 23.0 Å². The van der Waals surface area contributed by atoms with Crippen molar-refractivity contribution in [1.82, 2.24) is 5.32 Å². The van der Waals surface area contributed by atoms with E-state index in [2.05, 4.69) is 5.32 Å². The first-order valence-corrected chi connectivity index (χ1v) is 6.44. The van der Waals surface area contributed by atoms with Gasteiger partial charge in [-0.1, -0.05) is 11.6 Å². The normalized spacial score (nSPS) is 21.5. The summed E-state index contributed by atoms with van der Waals surface area (Å²) in [5, 5.41) is 4.78.